The van der Waals surface area contributed by atoms with E-state index in [1.807, 2.05) is 21.1 Å². The van der Waals surface area contributed by atoms with Crippen molar-refractivity contribution in [3.8, 4) is 0 Å². The number of hydrogen-bond acceptors (Lipinski definition) is 6. The normalized spacial score (nSPS) is 13.3. The van der Waals surface area contributed by atoms with Gasteiger partial charge < -0.3 is 23.8 Å². The fourth-order valence-electron chi connectivity index (χ4n) is 6.51. The number of nitrogens with zero attached hydrogens (tertiary/aromatic N) is 1. The van der Waals surface area contributed by atoms with Crippen LogP contribution in [0.5, 0.6) is 0 Å². The molecule has 2 atom stereocenters. The van der Waals surface area contributed by atoms with Crippen LogP contribution in [-0.4, -0.2) is 80.6 Å². The van der Waals surface area contributed by atoms with Gasteiger partial charge in [0.15, 0.2) is 12.1 Å². The van der Waals surface area contributed by atoms with Gasteiger partial charge in [0.05, 0.1) is 34.4 Å². The molecule has 0 aromatic carbocycles. The highest BCUT2D eigenvalue weighted by atomic mass is 16.6. The molecule has 0 spiro atoms. The number of unbranched alkanes of at least 4 members (excludes halogenated alkanes) is 20. The van der Waals surface area contributed by atoms with E-state index in [4.69, 9.17) is 14.2 Å². The van der Waals surface area contributed by atoms with Gasteiger partial charge in [-0.1, -0.05) is 159 Å². The van der Waals surface area contributed by atoms with Gasteiger partial charge in [0.1, 0.15) is 6.61 Å². The Labute approximate surface area is 338 Å². The maximum atomic E-state index is 12.7. The summed E-state index contributed by atoms with van der Waals surface area (Å²) >= 11 is 0. The third kappa shape index (κ3) is 36.9. The third-order valence-electron chi connectivity index (χ3n) is 10.0. The second-order valence-corrected chi connectivity index (χ2v) is 16.3. The first-order chi connectivity index (χ1) is 26.6. The van der Waals surface area contributed by atoms with Crippen molar-refractivity contribution >= 4 is 17.9 Å². The molecule has 0 bridgehead atoms. The second-order valence-electron chi connectivity index (χ2n) is 16.3. The van der Waals surface area contributed by atoms with E-state index >= 15 is 0 Å². The Kier molecular flexibility index (Phi) is 36.7. The summed E-state index contributed by atoms with van der Waals surface area (Å²) in [4.78, 5) is 37.0. The Bertz CT molecular complexity index is 1000. The van der Waals surface area contributed by atoms with E-state index in [1.165, 1.54) is 96.3 Å². The molecule has 8 nitrogen and oxygen atoms in total. The van der Waals surface area contributed by atoms with Crippen LogP contribution < -0.4 is 0 Å². The lowest BCUT2D eigenvalue weighted by atomic mass is 10.0. The van der Waals surface area contributed by atoms with Gasteiger partial charge in [0.2, 0.25) is 0 Å². The van der Waals surface area contributed by atoms with Crippen LogP contribution >= 0.6 is 0 Å². The first kappa shape index (κ1) is 52.6. The second kappa shape index (κ2) is 38.4. The summed E-state index contributed by atoms with van der Waals surface area (Å²) in [5, 5.41) is 9.62. The number of hydrogen-bond donors (Lipinski definition) is 1. The standard InChI is InChI=1S/C47H85NO7/c1-6-8-10-12-14-16-18-20-21-22-23-24-25-26-28-30-32-34-36-38-46(50)55-43(41-53-40-39-44(47(51)52)48(3,4)5)42-54-45(49)37-35-33-31-29-27-19-17-15-13-11-9-7-2/h14,16,20-21,23-24,43-44H,6-13,15,17-19,22,25-42H2,1-5H3/p+1/b16-14-,21-20-,24-23-. The molecule has 0 aliphatic carbocycles. The molecule has 0 heterocycles. The Morgan fingerprint density at radius 1 is 0.545 bits per heavy atom. The van der Waals surface area contributed by atoms with Crippen LogP contribution in [0.1, 0.15) is 194 Å². The van der Waals surface area contributed by atoms with Crippen molar-refractivity contribution in [3.63, 3.8) is 0 Å². The summed E-state index contributed by atoms with van der Waals surface area (Å²) in [6, 6.07) is -0.615. The summed E-state index contributed by atoms with van der Waals surface area (Å²) in [5.41, 5.74) is 0. The molecular formula is C47H86NO7+. The molecule has 8 heteroatoms. The van der Waals surface area contributed by atoms with Crippen molar-refractivity contribution in [2.45, 2.75) is 206 Å². The molecule has 0 fully saturated rings. The van der Waals surface area contributed by atoms with Gasteiger partial charge in [-0.15, -0.1) is 0 Å². The maximum absolute atomic E-state index is 12.7. The molecule has 0 aromatic rings. The number of aliphatic carboxylic acids is 1. The smallest absolute Gasteiger partial charge is 0.362 e. The number of carbonyl (C=O) groups excluding carboxylic acids is 2. The highest BCUT2D eigenvalue weighted by molar-refractivity contribution is 5.72. The topological polar surface area (TPSA) is 99.1 Å². The number of carbonyl (C=O) groups is 3. The lowest BCUT2D eigenvalue weighted by Crippen LogP contribution is -2.50. The van der Waals surface area contributed by atoms with Gasteiger partial charge >= 0.3 is 17.9 Å². The first-order valence-corrected chi connectivity index (χ1v) is 22.5. The first-order valence-electron chi connectivity index (χ1n) is 22.5. The third-order valence-corrected chi connectivity index (χ3v) is 10.0. The number of quaternary nitrogens is 1. The van der Waals surface area contributed by atoms with Crippen molar-refractivity contribution < 1.29 is 38.2 Å². The molecule has 0 saturated carbocycles. The fraction of sp³-hybridized carbons (Fsp3) is 0.809. The SMILES string of the molecule is CCCCC/C=C\C/C=C\C/C=C\CCCCCCCCC(=O)OC(COCCC(C(=O)O)[N+](C)(C)C)COC(=O)CCCCCCCCCCCCCC. The van der Waals surface area contributed by atoms with E-state index in [9.17, 15) is 19.5 Å². The van der Waals surface area contributed by atoms with Gasteiger partial charge in [0.25, 0.3) is 0 Å². The maximum Gasteiger partial charge on any atom is 0.362 e. The van der Waals surface area contributed by atoms with Gasteiger partial charge in [-0.05, 0) is 51.4 Å². The molecule has 0 aliphatic heterocycles. The number of carboxylic acids is 1. The number of rotatable bonds is 40. The van der Waals surface area contributed by atoms with Crippen LogP contribution in [0, 0.1) is 0 Å². The van der Waals surface area contributed by atoms with Gasteiger partial charge in [-0.2, -0.15) is 0 Å². The minimum absolute atomic E-state index is 0.0538. The van der Waals surface area contributed by atoms with Crippen molar-refractivity contribution in [2.75, 3.05) is 41.0 Å². The average molecular weight is 777 g/mol. The van der Waals surface area contributed by atoms with Crippen LogP contribution in [0.25, 0.3) is 0 Å². The molecular weight excluding hydrogens is 691 g/mol. The molecule has 0 aromatic heterocycles. The molecule has 55 heavy (non-hydrogen) atoms. The number of likely N-dealkylation sites (N-methyl/N-ethyl adjacent to an activating group) is 1. The predicted molar refractivity (Wildman–Crippen MR) is 229 cm³/mol. The molecule has 0 saturated heterocycles. The highest BCUT2D eigenvalue weighted by Crippen LogP contribution is 2.14. The zero-order valence-corrected chi connectivity index (χ0v) is 36.4. The van der Waals surface area contributed by atoms with Crippen molar-refractivity contribution in [1.82, 2.24) is 0 Å². The average Bonchev–Trinajstić information content (AvgIpc) is 3.14. The fourth-order valence-corrected chi connectivity index (χ4v) is 6.51. The molecule has 1 N–H and O–H groups in total. The molecule has 2 unspecified atom stereocenters. The summed E-state index contributed by atoms with van der Waals surface area (Å²) in [7, 11) is 5.52. The molecule has 0 rings (SSSR count). The largest absolute Gasteiger partial charge is 0.477 e. The Morgan fingerprint density at radius 2 is 0.964 bits per heavy atom. The van der Waals surface area contributed by atoms with Gasteiger partial charge in [0, 0.05) is 19.3 Å². The minimum Gasteiger partial charge on any atom is -0.477 e. The van der Waals surface area contributed by atoms with Crippen LogP contribution in [0.4, 0.5) is 0 Å². The quantitative estimate of drug-likeness (QED) is 0.0286. The Balaban J connectivity index is 4.34. The molecule has 0 aliphatic rings. The van der Waals surface area contributed by atoms with E-state index < -0.39 is 18.1 Å². The Hall–Kier alpha value is -2.45. The summed E-state index contributed by atoms with van der Waals surface area (Å²) in [5.74, 6) is -1.48. The van der Waals surface area contributed by atoms with Crippen molar-refractivity contribution in [3.05, 3.63) is 36.5 Å². The summed E-state index contributed by atoms with van der Waals surface area (Å²) in [6.07, 6.45) is 43.2. The highest BCUT2D eigenvalue weighted by Gasteiger charge is 2.31. The van der Waals surface area contributed by atoms with E-state index in [0.29, 0.717) is 19.3 Å². The number of ether oxygens (including phenoxy) is 3. The van der Waals surface area contributed by atoms with Crippen LogP contribution in [0.15, 0.2) is 36.5 Å². The van der Waals surface area contributed by atoms with Crippen molar-refractivity contribution in [2.24, 2.45) is 0 Å². The molecule has 0 amide bonds. The summed E-state index contributed by atoms with van der Waals surface area (Å²) in [6.45, 7) is 4.70. The van der Waals surface area contributed by atoms with Crippen molar-refractivity contribution in [1.29, 1.82) is 0 Å². The number of allylic oxidation sites excluding steroid dienone is 6. The van der Waals surface area contributed by atoms with E-state index in [1.54, 1.807) is 0 Å². The number of esters is 2. The zero-order valence-electron chi connectivity index (χ0n) is 36.4. The van der Waals surface area contributed by atoms with Gasteiger partial charge in [-0.3, -0.25) is 9.59 Å². The minimum atomic E-state index is -0.877. The number of carboxylic acid groups (broad SMARTS) is 1. The summed E-state index contributed by atoms with van der Waals surface area (Å²) < 4.78 is 17.3. The predicted octanol–water partition coefficient (Wildman–Crippen LogP) is 12.2. The molecule has 0 radical (unpaired) electrons. The van der Waals surface area contributed by atoms with Gasteiger partial charge in [-0.25, -0.2) is 4.79 Å². The van der Waals surface area contributed by atoms with E-state index in [-0.39, 0.29) is 36.2 Å². The van der Waals surface area contributed by atoms with Crippen LogP contribution in [0.3, 0.4) is 0 Å². The monoisotopic (exact) mass is 777 g/mol. The molecule has 320 valence electrons. The van der Waals surface area contributed by atoms with Crippen LogP contribution in [0.2, 0.25) is 0 Å². The van der Waals surface area contributed by atoms with E-state index in [2.05, 4.69) is 50.3 Å². The lowest BCUT2D eigenvalue weighted by Gasteiger charge is -2.31. The Morgan fingerprint density at radius 3 is 1.45 bits per heavy atom. The van der Waals surface area contributed by atoms with Crippen LogP contribution in [-0.2, 0) is 28.6 Å². The lowest BCUT2D eigenvalue weighted by molar-refractivity contribution is -0.887. The zero-order chi connectivity index (χ0) is 40.7. The van der Waals surface area contributed by atoms with E-state index in [0.717, 1.165) is 64.2 Å².